The molecule has 1 aliphatic heterocycles. The SMILES string of the molecule is CC(=O)N1CCn2cc(C3=C(c4cnc5ccccn45)C(=O)CC3=O)c3cc(F)cc(c32)C1. The van der Waals surface area contributed by atoms with E-state index in [0.717, 1.165) is 5.52 Å². The second kappa shape index (κ2) is 6.96. The van der Waals surface area contributed by atoms with E-state index < -0.39 is 5.82 Å². The van der Waals surface area contributed by atoms with Crippen molar-refractivity contribution in [3.63, 3.8) is 0 Å². The Labute approximate surface area is 187 Å². The molecule has 0 bridgehead atoms. The Bertz CT molecular complexity index is 1560. The van der Waals surface area contributed by atoms with Crippen LogP contribution >= 0.6 is 0 Å². The molecule has 2 aliphatic rings. The van der Waals surface area contributed by atoms with Crippen LogP contribution in [0, 0.1) is 5.82 Å². The number of nitrogens with zero attached hydrogens (tertiary/aromatic N) is 4. The first-order valence-corrected chi connectivity index (χ1v) is 10.7. The number of carbonyl (C=O) groups excluding carboxylic acids is 3. The maximum Gasteiger partial charge on any atom is 0.219 e. The highest BCUT2D eigenvalue weighted by Crippen LogP contribution is 2.40. The molecule has 6 rings (SSSR count). The van der Waals surface area contributed by atoms with Gasteiger partial charge in [0.2, 0.25) is 5.91 Å². The number of rotatable bonds is 2. The first-order valence-electron chi connectivity index (χ1n) is 10.7. The van der Waals surface area contributed by atoms with Gasteiger partial charge in [0, 0.05) is 55.5 Å². The Hall–Kier alpha value is -4.07. The van der Waals surface area contributed by atoms with E-state index >= 15 is 0 Å². The fourth-order valence-electron chi connectivity index (χ4n) is 5.04. The Morgan fingerprint density at radius 2 is 1.91 bits per heavy atom. The van der Waals surface area contributed by atoms with E-state index in [-0.39, 0.29) is 23.9 Å². The molecule has 8 heteroatoms. The molecule has 0 atom stereocenters. The number of halogens is 1. The molecule has 1 amide bonds. The number of aromatic nitrogens is 3. The van der Waals surface area contributed by atoms with Gasteiger partial charge in [-0.05, 0) is 29.8 Å². The van der Waals surface area contributed by atoms with Gasteiger partial charge >= 0.3 is 0 Å². The van der Waals surface area contributed by atoms with Crippen LogP contribution in [0.4, 0.5) is 4.39 Å². The highest BCUT2D eigenvalue weighted by Gasteiger charge is 2.36. The second-order valence-corrected chi connectivity index (χ2v) is 8.48. The highest BCUT2D eigenvalue weighted by molar-refractivity contribution is 6.51. The molecule has 0 saturated carbocycles. The molecule has 0 spiro atoms. The minimum atomic E-state index is -0.448. The van der Waals surface area contributed by atoms with Crippen molar-refractivity contribution in [2.24, 2.45) is 0 Å². The molecule has 0 radical (unpaired) electrons. The summed E-state index contributed by atoms with van der Waals surface area (Å²) < 4.78 is 18.4. The van der Waals surface area contributed by atoms with Gasteiger partial charge in [0.05, 0.1) is 29.4 Å². The van der Waals surface area contributed by atoms with Crippen LogP contribution in [0.1, 0.15) is 30.2 Å². The topological polar surface area (TPSA) is 76.7 Å². The molecule has 3 aromatic heterocycles. The number of amides is 1. The summed E-state index contributed by atoms with van der Waals surface area (Å²) in [6.07, 6.45) is 4.98. The largest absolute Gasteiger partial charge is 0.345 e. The second-order valence-electron chi connectivity index (χ2n) is 8.48. The van der Waals surface area contributed by atoms with Gasteiger partial charge in [0.1, 0.15) is 11.5 Å². The average molecular weight is 442 g/mol. The van der Waals surface area contributed by atoms with Crippen molar-refractivity contribution < 1.29 is 18.8 Å². The van der Waals surface area contributed by atoms with E-state index in [9.17, 15) is 18.8 Å². The Kier molecular flexibility index (Phi) is 4.14. The van der Waals surface area contributed by atoms with Gasteiger partial charge in [-0.3, -0.25) is 18.8 Å². The lowest BCUT2D eigenvalue weighted by atomic mass is 9.98. The summed E-state index contributed by atoms with van der Waals surface area (Å²) in [6, 6.07) is 8.35. The molecule has 4 heterocycles. The number of hydrogen-bond acceptors (Lipinski definition) is 4. The zero-order chi connectivity index (χ0) is 22.9. The first kappa shape index (κ1) is 19.6. The van der Waals surface area contributed by atoms with Crippen molar-refractivity contribution in [1.82, 2.24) is 18.9 Å². The number of benzene rings is 1. The summed E-state index contributed by atoms with van der Waals surface area (Å²) in [5.74, 6) is -1.08. The van der Waals surface area contributed by atoms with Gasteiger partial charge in [-0.2, -0.15) is 0 Å². The number of pyridine rings is 1. The van der Waals surface area contributed by atoms with Crippen LogP contribution in [0.3, 0.4) is 0 Å². The number of imidazole rings is 1. The lowest BCUT2D eigenvalue weighted by molar-refractivity contribution is -0.129. The van der Waals surface area contributed by atoms with Gasteiger partial charge in [-0.15, -0.1) is 0 Å². The van der Waals surface area contributed by atoms with Crippen LogP contribution in [0.2, 0.25) is 0 Å². The smallest absolute Gasteiger partial charge is 0.219 e. The van der Waals surface area contributed by atoms with Crippen LogP contribution < -0.4 is 0 Å². The fraction of sp³-hybridized carbons (Fsp3) is 0.200. The number of ketones is 2. The van der Waals surface area contributed by atoms with Gasteiger partial charge in [-0.1, -0.05) is 6.07 Å². The third-order valence-corrected chi connectivity index (χ3v) is 6.50. The number of carbonyl (C=O) groups is 3. The molecule has 0 N–H and O–H groups in total. The Morgan fingerprint density at radius 1 is 1.09 bits per heavy atom. The molecule has 164 valence electrons. The quantitative estimate of drug-likeness (QED) is 0.447. The zero-order valence-electron chi connectivity index (χ0n) is 17.8. The predicted octanol–water partition coefficient (Wildman–Crippen LogP) is 3.24. The molecule has 0 saturated heterocycles. The molecule has 0 fully saturated rings. The number of Topliss-reactive ketones (excluding diaryl/α,β-unsaturated/α-hetero) is 2. The predicted molar refractivity (Wildman–Crippen MR) is 120 cm³/mol. The molecule has 1 aliphatic carbocycles. The van der Waals surface area contributed by atoms with Gasteiger partial charge < -0.3 is 9.47 Å². The molecular formula is C25H19FN4O3. The first-order chi connectivity index (χ1) is 15.9. The van der Waals surface area contributed by atoms with Crippen molar-refractivity contribution in [3.8, 4) is 0 Å². The normalized spacial score (nSPS) is 16.4. The van der Waals surface area contributed by atoms with E-state index in [1.54, 1.807) is 21.7 Å². The fourth-order valence-corrected chi connectivity index (χ4v) is 5.04. The van der Waals surface area contributed by atoms with Crippen molar-refractivity contribution >= 4 is 45.2 Å². The summed E-state index contributed by atoms with van der Waals surface area (Å²) in [4.78, 5) is 44.1. The average Bonchev–Trinajstić information content (AvgIpc) is 3.39. The molecule has 33 heavy (non-hydrogen) atoms. The van der Waals surface area contributed by atoms with Crippen molar-refractivity contribution in [3.05, 3.63) is 71.6 Å². The van der Waals surface area contributed by atoms with Crippen LogP contribution in [0.15, 0.2) is 48.9 Å². The monoisotopic (exact) mass is 442 g/mol. The summed E-state index contributed by atoms with van der Waals surface area (Å²) >= 11 is 0. The third kappa shape index (κ3) is 2.87. The van der Waals surface area contributed by atoms with E-state index in [0.29, 0.717) is 58.6 Å². The van der Waals surface area contributed by atoms with Gasteiger partial charge in [0.25, 0.3) is 0 Å². The maximum atomic E-state index is 14.7. The van der Waals surface area contributed by atoms with E-state index in [2.05, 4.69) is 4.98 Å². The Morgan fingerprint density at radius 3 is 2.73 bits per heavy atom. The minimum Gasteiger partial charge on any atom is -0.345 e. The summed E-state index contributed by atoms with van der Waals surface area (Å²) in [6.45, 7) is 2.77. The van der Waals surface area contributed by atoms with Crippen molar-refractivity contribution in [1.29, 1.82) is 0 Å². The van der Waals surface area contributed by atoms with Gasteiger partial charge in [-0.25, -0.2) is 9.37 Å². The van der Waals surface area contributed by atoms with Crippen LogP contribution in [0.25, 0.3) is 27.7 Å². The van der Waals surface area contributed by atoms with Crippen LogP contribution in [-0.4, -0.2) is 42.9 Å². The van der Waals surface area contributed by atoms with E-state index in [1.807, 2.05) is 29.0 Å². The third-order valence-electron chi connectivity index (χ3n) is 6.50. The van der Waals surface area contributed by atoms with Crippen LogP contribution in [0.5, 0.6) is 0 Å². The van der Waals surface area contributed by atoms with Crippen molar-refractivity contribution in [2.45, 2.75) is 26.4 Å². The lowest BCUT2D eigenvalue weighted by Gasteiger charge is -2.18. The Balaban J connectivity index is 1.64. The molecule has 4 aromatic rings. The number of allylic oxidation sites excluding steroid dienone is 2. The van der Waals surface area contributed by atoms with Crippen LogP contribution in [-0.2, 0) is 27.5 Å². The summed E-state index contributed by atoms with van der Waals surface area (Å²) in [7, 11) is 0. The van der Waals surface area contributed by atoms with E-state index in [4.69, 9.17) is 0 Å². The summed E-state index contributed by atoms with van der Waals surface area (Å²) in [5, 5.41) is 0.569. The number of fused-ring (bicyclic) bond motifs is 1. The lowest BCUT2D eigenvalue weighted by Crippen LogP contribution is -2.29. The minimum absolute atomic E-state index is 0.0763. The van der Waals surface area contributed by atoms with E-state index in [1.165, 1.54) is 19.1 Å². The van der Waals surface area contributed by atoms with Crippen molar-refractivity contribution in [2.75, 3.05) is 6.54 Å². The molecule has 1 aromatic carbocycles. The highest BCUT2D eigenvalue weighted by atomic mass is 19.1. The summed E-state index contributed by atoms with van der Waals surface area (Å²) in [5.41, 5.74) is 3.83. The molecule has 0 unspecified atom stereocenters. The molecule has 7 nitrogen and oxygen atoms in total. The number of hydrogen-bond donors (Lipinski definition) is 0. The standard InChI is InChI=1S/C25H19FN4O3/c1-14(31)28-6-7-29-13-18(17-9-16(26)8-15(12-28)25(17)29)23-20(32)10-21(33)24(23)19-11-27-22-4-2-3-5-30(19)22/h2-5,8-9,11,13H,6-7,10,12H2,1H3. The van der Waals surface area contributed by atoms with Gasteiger partial charge in [0.15, 0.2) is 11.6 Å². The maximum absolute atomic E-state index is 14.7. The zero-order valence-corrected chi connectivity index (χ0v) is 17.8. The molecular weight excluding hydrogens is 423 g/mol.